The van der Waals surface area contributed by atoms with Gasteiger partial charge in [0.15, 0.2) is 0 Å². The Labute approximate surface area is 120 Å². The first-order valence-corrected chi connectivity index (χ1v) is 7.84. The summed E-state index contributed by atoms with van der Waals surface area (Å²) >= 11 is 3.43. The van der Waals surface area contributed by atoms with Gasteiger partial charge < -0.3 is 0 Å². The molecule has 98 valence electrons. The fourth-order valence-electron chi connectivity index (χ4n) is 2.00. The Hall–Kier alpha value is -0.450. The number of hydrogen-bond acceptors (Lipinski definition) is 1. The minimum atomic E-state index is -0.993. The van der Waals surface area contributed by atoms with E-state index >= 15 is 0 Å². The van der Waals surface area contributed by atoms with E-state index in [1.54, 1.807) is 0 Å². The smallest absolute Gasteiger partial charge is 0.101 e. The highest BCUT2D eigenvalue weighted by atomic mass is 79.9. The van der Waals surface area contributed by atoms with Gasteiger partial charge in [-0.2, -0.15) is 0 Å². The molecular formula is C14H18BrNOS. The van der Waals surface area contributed by atoms with Crippen LogP contribution in [-0.4, -0.2) is 19.3 Å². The Morgan fingerprint density at radius 3 is 2.33 bits per heavy atom. The molecule has 1 fully saturated rings. The summed E-state index contributed by atoms with van der Waals surface area (Å²) in [5, 5.41) is 0. The summed E-state index contributed by atoms with van der Waals surface area (Å²) in [6, 6.07) is 8.58. The molecule has 18 heavy (non-hydrogen) atoms. The van der Waals surface area contributed by atoms with E-state index in [2.05, 4.69) is 34.6 Å². The molecule has 1 heterocycles. The zero-order valence-electron chi connectivity index (χ0n) is 10.9. The quantitative estimate of drug-likeness (QED) is 0.610. The van der Waals surface area contributed by atoms with Crippen molar-refractivity contribution in [2.75, 3.05) is 0 Å². The Morgan fingerprint density at radius 2 is 1.89 bits per heavy atom. The van der Waals surface area contributed by atoms with Crippen molar-refractivity contribution < 1.29 is 4.21 Å². The van der Waals surface area contributed by atoms with Crippen molar-refractivity contribution in [3.05, 3.63) is 47.0 Å². The van der Waals surface area contributed by atoms with E-state index in [1.165, 1.54) is 5.56 Å². The molecular weight excluding hydrogens is 310 g/mol. The molecule has 1 aromatic rings. The van der Waals surface area contributed by atoms with Crippen molar-refractivity contribution in [1.82, 2.24) is 4.31 Å². The van der Waals surface area contributed by atoms with Crippen LogP contribution in [0.5, 0.6) is 0 Å². The molecule has 0 bridgehead atoms. The lowest BCUT2D eigenvalue weighted by atomic mass is 10.1. The summed E-state index contributed by atoms with van der Waals surface area (Å²) < 4.78 is 15.3. The van der Waals surface area contributed by atoms with Gasteiger partial charge in [0.2, 0.25) is 0 Å². The second-order valence-corrected chi connectivity index (χ2v) is 8.50. The zero-order valence-corrected chi connectivity index (χ0v) is 13.3. The lowest BCUT2D eigenvalue weighted by Crippen LogP contribution is -2.28. The average Bonchev–Trinajstić information content (AvgIpc) is 3.01. The summed E-state index contributed by atoms with van der Waals surface area (Å²) in [7, 11) is -0.993. The molecule has 1 saturated heterocycles. The highest BCUT2D eigenvalue weighted by Crippen LogP contribution is 2.47. The molecule has 1 aliphatic rings. The summed E-state index contributed by atoms with van der Waals surface area (Å²) in [4.78, 5) is 0. The summed E-state index contributed by atoms with van der Waals surface area (Å²) in [5.74, 6) is 0. The van der Waals surface area contributed by atoms with E-state index in [0.717, 1.165) is 4.47 Å². The Kier molecular flexibility index (Phi) is 3.81. The van der Waals surface area contributed by atoms with Crippen LogP contribution in [0.2, 0.25) is 0 Å². The van der Waals surface area contributed by atoms with Crippen LogP contribution in [0.1, 0.15) is 32.4 Å². The van der Waals surface area contributed by atoms with Crippen LogP contribution < -0.4 is 0 Å². The van der Waals surface area contributed by atoms with Crippen LogP contribution in [0.15, 0.2) is 41.4 Å². The third kappa shape index (κ3) is 2.60. The standard InChI is InChI=1S/C14H18BrNOS/c1-5-12-13(10-6-8-11(15)9-7-10)16(12)18(17)14(2,3)4/h5-9,12-13H,1H2,2-4H3/t12-,13-,16?,18?/m1/s1. The van der Waals surface area contributed by atoms with Gasteiger partial charge in [-0.3, -0.25) is 0 Å². The minimum absolute atomic E-state index is 0.186. The second-order valence-electron chi connectivity index (χ2n) is 5.44. The number of benzene rings is 1. The highest BCUT2D eigenvalue weighted by Gasteiger charge is 2.52. The molecule has 1 aliphatic heterocycles. The monoisotopic (exact) mass is 327 g/mol. The van der Waals surface area contributed by atoms with Gasteiger partial charge in [-0.25, -0.2) is 8.51 Å². The fraction of sp³-hybridized carbons (Fsp3) is 0.429. The molecule has 4 heteroatoms. The molecule has 0 spiro atoms. The molecule has 0 amide bonds. The maximum absolute atomic E-state index is 12.4. The van der Waals surface area contributed by atoms with Gasteiger partial charge in [0.1, 0.15) is 11.0 Å². The number of nitrogens with zero attached hydrogens (tertiary/aromatic N) is 1. The van der Waals surface area contributed by atoms with E-state index in [-0.39, 0.29) is 16.8 Å². The largest absolute Gasteiger partial charge is 0.242 e. The van der Waals surface area contributed by atoms with Crippen molar-refractivity contribution in [2.24, 2.45) is 0 Å². The van der Waals surface area contributed by atoms with E-state index < -0.39 is 11.0 Å². The Balaban J connectivity index is 2.23. The average molecular weight is 328 g/mol. The predicted molar refractivity (Wildman–Crippen MR) is 80.6 cm³/mol. The minimum Gasteiger partial charge on any atom is -0.242 e. The van der Waals surface area contributed by atoms with Gasteiger partial charge in [-0.1, -0.05) is 34.1 Å². The molecule has 0 radical (unpaired) electrons. The van der Waals surface area contributed by atoms with Gasteiger partial charge in [0.25, 0.3) is 0 Å². The molecule has 0 aliphatic carbocycles. The summed E-state index contributed by atoms with van der Waals surface area (Å²) in [6.45, 7) is 9.85. The lowest BCUT2D eigenvalue weighted by molar-refractivity contribution is 0.603. The Morgan fingerprint density at radius 1 is 1.33 bits per heavy atom. The topological polar surface area (TPSA) is 20.1 Å². The molecule has 1 aromatic carbocycles. The van der Waals surface area contributed by atoms with Gasteiger partial charge >= 0.3 is 0 Å². The van der Waals surface area contributed by atoms with Gasteiger partial charge in [-0.15, -0.1) is 6.58 Å². The molecule has 2 rings (SSSR count). The van der Waals surface area contributed by atoms with Crippen molar-refractivity contribution in [1.29, 1.82) is 0 Å². The predicted octanol–water partition coefficient (Wildman–Crippen LogP) is 3.82. The fourth-order valence-corrected chi connectivity index (χ4v) is 3.71. The lowest BCUT2D eigenvalue weighted by Gasteiger charge is -2.18. The van der Waals surface area contributed by atoms with Crippen LogP contribution in [0, 0.1) is 0 Å². The third-order valence-corrected chi connectivity index (χ3v) is 5.40. The molecule has 2 unspecified atom stereocenters. The zero-order chi connectivity index (χ0) is 13.5. The summed E-state index contributed by atoms with van der Waals surface area (Å²) in [6.07, 6.45) is 1.89. The van der Waals surface area contributed by atoms with Crippen LogP contribution in [0.4, 0.5) is 0 Å². The number of halogens is 1. The van der Waals surface area contributed by atoms with Gasteiger partial charge in [0.05, 0.1) is 16.8 Å². The van der Waals surface area contributed by atoms with Crippen molar-refractivity contribution >= 4 is 26.9 Å². The SMILES string of the molecule is C=C[C@@H]1[C@@H](c2ccc(Br)cc2)N1S(=O)C(C)(C)C. The molecule has 4 atom stereocenters. The highest BCUT2D eigenvalue weighted by molar-refractivity contribution is 9.10. The number of rotatable bonds is 3. The van der Waals surface area contributed by atoms with Crippen LogP contribution >= 0.6 is 15.9 Å². The molecule has 0 aromatic heterocycles. The van der Waals surface area contributed by atoms with Gasteiger partial charge in [-0.05, 0) is 38.5 Å². The Bertz CT molecular complexity index is 478. The first-order chi connectivity index (χ1) is 8.36. The number of hydrogen-bond donors (Lipinski definition) is 0. The molecule has 0 saturated carbocycles. The molecule has 0 N–H and O–H groups in total. The maximum atomic E-state index is 12.4. The van der Waals surface area contributed by atoms with E-state index in [0.29, 0.717) is 0 Å². The van der Waals surface area contributed by atoms with Gasteiger partial charge in [0, 0.05) is 4.47 Å². The maximum Gasteiger partial charge on any atom is 0.101 e. The summed E-state index contributed by atoms with van der Waals surface area (Å²) in [5.41, 5.74) is 1.20. The third-order valence-electron chi connectivity index (χ3n) is 2.97. The van der Waals surface area contributed by atoms with E-state index in [1.807, 2.05) is 43.3 Å². The van der Waals surface area contributed by atoms with Crippen molar-refractivity contribution in [3.8, 4) is 0 Å². The van der Waals surface area contributed by atoms with Crippen LogP contribution in [0.3, 0.4) is 0 Å². The first kappa shape index (κ1) is 14.0. The van der Waals surface area contributed by atoms with E-state index in [9.17, 15) is 4.21 Å². The van der Waals surface area contributed by atoms with E-state index in [4.69, 9.17) is 0 Å². The van der Waals surface area contributed by atoms with Crippen LogP contribution in [-0.2, 0) is 11.0 Å². The van der Waals surface area contributed by atoms with Crippen molar-refractivity contribution in [3.63, 3.8) is 0 Å². The normalized spacial score (nSPS) is 28.8. The molecule has 2 nitrogen and oxygen atoms in total. The van der Waals surface area contributed by atoms with Crippen LogP contribution in [0.25, 0.3) is 0 Å². The second kappa shape index (κ2) is 4.91. The van der Waals surface area contributed by atoms with Crippen molar-refractivity contribution in [2.45, 2.75) is 37.6 Å². The first-order valence-electron chi connectivity index (χ1n) is 5.94.